The topological polar surface area (TPSA) is 17.3 Å². The fourth-order valence-corrected chi connectivity index (χ4v) is 2.80. The normalized spacial score (nSPS) is 11.1. The minimum absolute atomic E-state index is 0.574. The second-order valence-electron chi connectivity index (χ2n) is 4.33. The predicted molar refractivity (Wildman–Crippen MR) is 80.0 cm³/mol. The standard InChI is InChI=1S/C15H12Cl2N2/c1-2-13-14(10-6-4-3-5-7-10)18-15-12(17)8-11(16)9-19(13)15/h3-9H,2H2,1H3. The molecule has 0 N–H and O–H groups in total. The highest BCUT2D eigenvalue weighted by Crippen LogP contribution is 2.29. The predicted octanol–water partition coefficient (Wildman–Crippen LogP) is 4.87. The molecule has 3 aromatic rings. The SMILES string of the molecule is CCc1c(-c2ccccc2)nc2c(Cl)cc(Cl)cn12. The summed E-state index contributed by atoms with van der Waals surface area (Å²) in [5.41, 5.74) is 3.93. The van der Waals surface area contributed by atoms with E-state index in [1.807, 2.05) is 28.8 Å². The molecular formula is C15H12Cl2N2. The van der Waals surface area contributed by atoms with Crippen molar-refractivity contribution >= 4 is 28.8 Å². The van der Waals surface area contributed by atoms with Crippen LogP contribution in [0.2, 0.25) is 10.0 Å². The number of aromatic nitrogens is 2. The quantitative estimate of drug-likeness (QED) is 0.658. The highest BCUT2D eigenvalue weighted by molar-refractivity contribution is 6.36. The second kappa shape index (κ2) is 4.87. The van der Waals surface area contributed by atoms with Gasteiger partial charge in [-0.15, -0.1) is 0 Å². The summed E-state index contributed by atoms with van der Waals surface area (Å²) in [5, 5.41) is 1.19. The van der Waals surface area contributed by atoms with Crippen molar-refractivity contribution in [3.8, 4) is 11.3 Å². The van der Waals surface area contributed by atoms with E-state index >= 15 is 0 Å². The Morgan fingerprint density at radius 1 is 1.16 bits per heavy atom. The maximum atomic E-state index is 6.22. The zero-order chi connectivity index (χ0) is 13.4. The summed E-state index contributed by atoms with van der Waals surface area (Å²) >= 11 is 12.3. The van der Waals surface area contributed by atoms with Crippen molar-refractivity contribution in [3.05, 3.63) is 58.3 Å². The summed E-state index contributed by atoms with van der Waals surface area (Å²) in [5.74, 6) is 0. The number of hydrogen-bond donors (Lipinski definition) is 0. The van der Waals surface area contributed by atoms with Gasteiger partial charge in [0, 0.05) is 11.8 Å². The van der Waals surface area contributed by atoms with Crippen molar-refractivity contribution in [2.75, 3.05) is 0 Å². The lowest BCUT2D eigenvalue weighted by atomic mass is 10.1. The van der Waals surface area contributed by atoms with Crippen LogP contribution in [-0.2, 0) is 6.42 Å². The zero-order valence-corrected chi connectivity index (χ0v) is 11.9. The lowest BCUT2D eigenvalue weighted by Gasteiger charge is -2.03. The molecule has 3 rings (SSSR count). The van der Waals surface area contributed by atoms with E-state index < -0.39 is 0 Å². The van der Waals surface area contributed by atoms with Crippen LogP contribution in [0.1, 0.15) is 12.6 Å². The molecule has 19 heavy (non-hydrogen) atoms. The van der Waals surface area contributed by atoms with Crippen LogP contribution in [0.15, 0.2) is 42.6 Å². The summed E-state index contributed by atoms with van der Waals surface area (Å²) in [7, 11) is 0. The monoisotopic (exact) mass is 290 g/mol. The molecule has 0 saturated carbocycles. The molecule has 0 aliphatic heterocycles. The van der Waals surface area contributed by atoms with E-state index in [-0.39, 0.29) is 0 Å². The molecule has 0 unspecified atom stereocenters. The van der Waals surface area contributed by atoms with Crippen molar-refractivity contribution in [3.63, 3.8) is 0 Å². The molecule has 0 atom stereocenters. The summed E-state index contributed by atoms with van der Waals surface area (Å²) in [4.78, 5) is 4.67. The molecule has 0 aliphatic rings. The van der Waals surface area contributed by atoms with E-state index in [1.165, 1.54) is 0 Å². The highest BCUT2D eigenvalue weighted by Gasteiger charge is 2.14. The molecule has 2 heterocycles. The number of imidazole rings is 1. The Kier molecular flexibility index (Phi) is 3.21. The number of hydrogen-bond acceptors (Lipinski definition) is 1. The lowest BCUT2D eigenvalue weighted by molar-refractivity contribution is 0.998. The van der Waals surface area contributed by atoms with Gasteiger partial charge in [0.05, 0.1) is 21.4 Å². The maximum absolute atomic E-state index is 6.22. The van der Waals surface area contributed by atoms with Crippen molar-refractivity contribution < 1.29 is 0 Å². The number of halogens is 2. The van der Waals surface area contributed by atoms with Gasteiger partial charge in [0.15, 0.2) is 5.65 Å². The van der Waals surface area contributed by atoms with Crippen molar-refractivity contribution in [2.45, 2.75) is 13.3 Å². The smallest absolute Gasteiger partial charge is 0.156 e. The van der Waals surface area contributed by atoms with E-state index in [1.54, 1.807) is 6.07 Å². The number of aryl methyl sites for hydroxylation is 1. The molecule has 0 spiro atoms. The van der Waals surface area contributed by atoms with Gasteiger partial charge in [-0.05, 0) is 12.5 Å². The maximum Gasteiger partial charge on any atom is 0.156 e. The highest BCUT2D eigenvalue weighted by atomic mass is 35.5. The molecule has 0 fully saturated rings. The number of nitrogens with zero attached hydrogens (tertiary/aromatic N) is 2. The Labute approximate surface area is 121 Å². The number of benzene rings is 1. The summed E-state index contributed by atoms with van der Waals surface area (Å²) in [6.45, 7) is 2.10. The van der Waals surface area contributed by atoms with Gasteiger partial charge in [0.25, 0.3) is 0 Å². The van der Waals surface area contributed by atoms with Crippen LogP contribution < -0.4 is 0 Å². The van der Waals surface area contributed by atoms with Crippen molar-refractivity contribution in [2.24, 2.45) is 0 Å². The van der Waals surface area contributed by atoms with Gasteiger partial charge in [-0.3, -0.25) is 0 Å². The molecule has 2 aromatic heterocycles. The van der Waals surface area contributed by atoms with Crippen LogP contribution in [0.3, 0.4) is 0 Å². The molecule has 0 radical (unpaired) electrons. The van der Waals surface area contributed by atoms with Gasteiger partial charge in [-0.1, -0.05) is 60.5 Å². The fraction of sp³-hybridized carbons (Fsp3) is 0.133. The van der Waals surface area contributed by atoms with E-state index in [0.717, 1.165) is 29.0 Å². The molecule has 4 heteroatoms. The molecule has 0 bridgehead atoms. The fourth-order valence-electron chi connectivity index (χ4n) is 2.28. The van der Waals surface area contributed by atoms with Gasteiger partial charge in [0.1, 0.15) is 0 Å². The van der Waals surface area contributed by atoms with Crippen LogP contribution in [0, 0.1) is 0 Å². The first-order valence-corrected chi connectivity index (χ1v) is 6.87. The van der Waals surface area contributed by atoms with Gasteiger partial charge >= 0.3 is 0 Å². The zero-order valence-electron chi connectivity index (χ0n) is 10.4. The molecule has 0 amide bonds. The van der Waals surface area contributed by atoms with E-state index in [0.29, 0.717) is 10.0 Å². The average molecular weight is 291 g/mol. The molecule has 96 valence electrons. The van der Waals surface area contributed by atoms with Crippen molar-refractivity contribution in [1.29, 1.82) is 0 Å². The van der Waals surface area contributed by atoms with Gasteiger partial charge in [-0.25, -0.2) is 4.98 Å². The van der Waals surface area contributed by atoms with Crippen LogP contribution in [0.4, 0.5) is 0 Å². The molecular weight excluding hydrogens is 279 g/mol. The minimum atomic E-state index is 0.574. The van der Waals surface area contributed by atoms with Crippen LogP contribution >= 0.6 is 23.2 Å². The van der Waals surface area contributed by atoms with Crippen LogP contribution in [0.5, 0.6) is 0 Å². The summed E-state index contributed by atoms with van der Waals surface area (Å²) in [6.07, 6.45) is 2.73. The number of pyridine rings is 1. The Morgan fingerprint density at radius 2 is 1.89 bits per heavy atom. The van der Waals surface area contributed by atoms with Crippen LogP contribution in [0.25, 0.3) is 16.9 Å². The first-order chi connectivity index (χ1) is 9.20. The third-order valence-corrected chi connectivity index (χ3v) is 3.61. The minimum Gasteiger partial charge on any atom is -0.301 e. The van der Waals surface area contributed by atoms with E-state index in [2.05, 4.69) is 24.0 Å². The first kappa shape index (κ1) is 12.5. The van der Waals surface area contributed by atoms with Crippen LogP contribution in [-0.4, -0.2) is 9.38 Å². The third-order valence-electron chi connectivity index (χ3n) is 3.12. The third kappa shape index (κ3) is 2.11. The largest absolute Gasteiger partial charge is 0.301 e. The molecule has 2 nitrogen and oxygen atoms in total. The van der Waals surface area contributed by atoms with Crippen molar-refractivity contribution in [1.82, 2.24) is 9.38 Å². The number of fused-ring (bicyclic) bond motifs is 1. The Bertz CT molecular complexity index is 733. The van der Waals surface area contributed by atoms with Gasteiger partial charge in [0.2, 0.25) is 0 Å². The van der Waals surface area contributed by atoms with Gasteiger partial charge < -0.3 is 4.40 Å². The average Bonchev–Trinajstić information content (AvgIpc) is 2.78. The number of rotatable bonds is 2. The lowest BCUT2D eigenvalue weighted by Crippen LogP contribution is -1.92. The summed E-state index contributed by atoms with van der Waals surface area (Å²) < 4.78 is 1.98. The van der Waals surface area contributed by atoms with E-state index in [9.17, 15) is 0 Å². The second-order valence-corrected chi connectivity index (χ2v) is 5.17. The first-order valence-electron chi connectivity index (χ1n) is 6.12. The molecule has 0 aliphatic carbocycles. The molecule has 1 aromatic carbocycles. The summed E-state index contributed by atoms with van der Waals surface area (Å²) in [6, 6.07) is 11.8. The Hall–Kier alpha value is -1.51. The Morgan fingerprint density at radius 3 is 2.58 bits per heavy atom. The molecule has 0 saturated heterocycles. The Balaban J connectivity index is 2.35. The van der Waals surface area contributed by atoms with Gasteiger partial charge in [-0.2, -0.15) is 0 Å². The van der Waals surface area contributed by atoms with E-state index in [4.69, 9.17) is 23.2 Å².